The Morgan fingerprint density at radius 3 is 2.33 bits per heavy atom. The molecule has 0 spiro atoms. The van der Waals surface area contributed by atoms with E-state index in [9.17, 15) is 18.0 Å². The number of carbonyl (C=O) groups excluding carboxylic acids is 2. The zero-order chi connectivity index (χ0) is 29.9. The minimum Gasteiger partial charge on any atom is -0.338 e. The van der Waals surface area contributed by atoms with Gasteiger partial charge in [0.15, 0.2) is 0 Å². The van der Waals surface area contributed by atoms with Crippen LogP contribution in [0.1, 0.15) is 15.9 Å². The van der Waals surface area contributed by atoms with E-state index in [1.54, 1.807) is 30.3 Å². The van der Waals surface area contributed by atoms with Crippen LogP contribution in [0.15, 0.2) is 95.9 Å². The van der Waals surface area contributed by atoms with E-state index in [-0.39, 0.29) is 21.2 Å². The Bertz CT molecular complexity index is 1920. The Labute approximate surface area is 250 Å². The molecule has 0 bridgehead atoms. The summed E-state index contributed by atoms with van der Waals surface area (Å²) in [5, 5.41) is 11.7. The molecule has 0 aliphatic heterocycles. The number of benzene rings is 4. The van der Waals surface area contributed by atoms with E-state index in [4.69, 9.17) is 28.4 Å². The minimum absolute atomic E-state index is 0.0653. The number of sulfonamides is 1. The molecule has 5 aromatic rings. The standard InChI is InChI=1S/C29H21Cl2N5O5S/c30-23-13-10-19(15-22(23)28-33-25-3-1-2-4-26(25)34-28)32-29(38)21-12-11-20(16-24(21)31)42(40,41)36-18-8-5-17(6-9-18)7-14-27(37)35-39/h1-16,36,39H,(H,32,38)(H,33,34)(H,35,37)/b14-7+. The third-order valence-electron chi connectivity index (χ3n) is 6.06. The first kappa shape index (κ1) is 28.8. The second-order valence-electron chi connectivity index (χ2n) is 8.93. The summed E-state index contributed by atoms with van der Waals surface area (Å²) in [4.78, 5) is 31.8. The molecular formula is C29H21Cl2N5O5S. The number of halogens is 2. The molecule has 0 fully saturated rings. The van der Waals surface area contributed by atoms with E-state index < -0.39 is 21.8 Å². The summed E-state index contributed by atoms with van der Waals surface area (Å²) in [7, 11) is -4.04. The van der Waals surface area contributed by atoms with Crippen molar-refractivity contribution >= 4 is 73.5 Å². The highest BCUT2D eigenvalue weighted by Gasteiger charge is 2.19. The highest BCUT2D eigenvalue weighted by molar-refractivity contribution is 7.92. The molecule has 0 aliphatic carbocycles. The highest BCUT2D eigenvalue weighted by Crippen LogP contribution is 2.31. The number of para-hydroxylation sites is 2. The van der Waals surface area contributed by atoms with Crippen LogP contribution in [0.4, 0.5) is 11.4 Å². The van der Waals surface area contributed by atoms with Gasteiger partial charge in [-0.15, -0.1) is 0 Å². The number of carbonyl (C=O) groups is 2. The van der Waals surface area contributed by atoms with Crippen LogP contribution < -0.4 is 15.5 Å². The summed E-state index contributed by atoms with van der Waals surface area (Å²) in [6.07, 6.45) is 2.56. The molecule has 0 saturated carbocycles. The predicted octanol–water partition coefficient (Wildman–Crippen LogP) is 6.11. The van der Waals surface area contributed by atoms with E-state index in [1.807, 2.05) is 24.3 Å². The molecule has 1 heterocycles. The van der Waals surface area contributed by atoms with Gasteiger partial charge in [-0.3, -0.25) is 19.5 Å². The molecule has 0 unspecified atom stereocenters. The molecule has 13 heteroatoms. The maximum atomic E-state index is 13.0. The van der Waals surface area contributed by atoms with Crippen molar-refractivity contribution in [2.45, 2.75) is 4.90 Å². The number of imidazole rings is 1. The predicted molar refractivity (Wildman–Crippen MR) is 162 cm³/mol. The van der Waals surface area contributed by atoms with E-state index in [0.29, 0.717) is 27.7 Å². The third kappa shape index (κ3) is 6.45. The molecule has 2 amide bonds. The topological polar surface area (TPSA) is 153 Å². The van der Waals surface area contributed by atoms with Gasteiger partial charge in [0.25, 0.3) is 21.8 Å². The molecule has 212 valence electrons. The van der Waals surface area contributed by atoms with E-state index in [0.717, 1.165) is 17.1 Å². The van der Waals surface area contributed by atoms with Crippen molar-refractivity contribution in [1.82, 2.24) is 15.4 Å². The summed E-state index contributed by atoms with van der Waals surface area (Å²) in [6.45, 7) is 0. The van der Waals surface area contributed by atoms with Gasteiger partial charge >= 0.3 is 0 Å². The van der Waals surface area contributed by atoms with Gasteiger partial charge in [-0.1, -0.05) is 47.5 Å². The zero-order valence-electron chi connectivity index (χ0n) is 21.4. The van der Waals surface area contributed by atoms with Gasteiger partial charge < -0.3 is 10.3 Å². The van der Waals surface area contributed by atoms with E-state index >= 15 is 0 Å². The number of fused-ring (bicyclic) bond motifs is 1. The van der Waals surface area contributed by atoms with E-state index in [2.05, 4.69) is 20.0 Å². The van der Waals surface area contributed by atoms with Crippen molar-refractivity contribution in [1.29, 1.82) is 0 Å². The van der Waals surface area contributed by atoms with Crippen molar-refractivity contribution in [3.05, 3.63) is 112 Å². The van der Waals surface area contributed by atoms with Crippen molar-refractivity contribution < 1.29 is 23.2 Å². The molecule has 4 aromatic carbocycles. The smallest absolute Gasteiger partial charge is 0.267 e. The van der Waals surface area contributed by atoms with Crippen LogP contribution in [0.5, 0.6) is 0 Å². The van der Waals surface area contributed by atoms with Crippen molar-refractivity contribution in [3.8, 4) is 11.4 Å². The highest BCUT2D eigenvalue weighted by atomic mass is 35.5. The summed E-state index contributed by atoms with van der Waals surface area (Å²) in [5.41, 5.74) is 5.04. The first-order valence-corrected chi connectivity index (χ1v) is 14.5. The summed E-state index contributed by atoms with van der Waals surface area (Å²) >= 11 is 12.8. The minimum atomic E-state index is -4.04. The molecule has 5 rings (SSSR count). The number of hydroxylamine groups is 1. The number of H-pyrrole nitrogens is 1. The molecule has 1 aromatic heterocycles. The Hall–Kier alpha value is -4.68. The first-order chi connectivity index (χ1) is 20.1. The van der Waals surface area contributed by atoms with Crippen LogP contribution >= 0.6 is 23.2 Å². The lowest BCUT2D eigenvalue weighted by Crippen LogP contribution is -2.15. The van der Waals surface area contributed by atoms with Crippen LogP contribution in [0.2, 0.25) is 10.0 Å². The molecular weight excluding hydrogens is 601 g/mol. The van der Waals surface area contributed by atoms with Gasteiger partial charge in [0.2, 0.25) is 0 Å². The molecule has 0 saturated heterocycles. The number of aromatic nitrogens is 2. The number of aromatic amines is 1. The quantitative estimate of drug-likeness (QED) is 0.0800. The third-order valence-corrected chi connectivity index (χ3v) is 8.09. The van der Waals surface area contributed by atoms with Crippen LogP contribution in [0.25, 0.3) is 28.5 Å². The zero-order valence-corrected chi connectivity index (χ0v) is 23.8. The maximum absolute atomic E-state index is 13.0. The largest absolute Gasteiger partial charge is 0.338 e. The van der Waals surface area contributed by atoms with Crippen molar-refractivity contribution in [2.24, 2.45) is 0 Å². The number of nitrogens with zero attached hydrogens (tertiary/aromatic N) is 1. The lowest BCUT2D eigenvalue weighted by atomic mass is 10.1. The van der Waals surface area contributed by atoms with Gasteiger partial charge in [0.1, 0.15) is 5.82 Å². The molecule has 10 nitrogen and oxygen atoms in total. The lowest BCUT2D eigenvalue weighted by molar-refractivity contribution is -0.124. The normalized spacial score (nSPS) is 11.5. The molecule has 0 aliphatic rings. The number of amides is 2. The Kier molecular flexibility index (Phi) is 8.27. The average Bonchev–Trinajstić information content (AvgIpc) is 3.41. The SMILES string of the molecule is O=C(/C=C/c1ccc(NS(=O)(=O)c2ccc(C(=O)Nc3ccc(Cl)c(-c4nc5ccccc5[nH]4)c3)c(Cl)c2)cc1)NO. The number of hydrogen-bond donors (Lipinski definition) is 5. The summed E-state index contributed by atoms with van der Waals surface area (Å²) in [5.74, 6) is -0.708. The molecule has 0 radical (unpaired) electrons. The van der Waals surface area contributed by atoms with Gasteiger partial charge in [-0.2, -0.15) is 0 Å². The monoisotopic (exact) mass is 621 g/mol. The van der Waals surface area contributed by atoms with Gasteiger partial charge in [-0.05, 0) is 72.3 Å². The first-order valence-electron chi connectivity index (χ1n) is 12.2. The number of rotatable bonds is 8. The lowest BCUT2D eigenvalue weighted by Gasteiger charge is -2.12. The van der Waals surface area contributed by atoms with Crippen LogP contribution in [-0.2, 0) is 14.8 Å². The number of anilines is 2. The maximum Gasteiger partial charge on any atom is 0.267 e. The van der Waals surface area contributed by atoms with Crippen LogP contribution in [0.3, 0.4) is 0 Å². The van der Waals surface area contributed by atoms with Gasteiger partial charge in [0, 0.05) is 23.0 Å². The summed E-state index contributed by atoms with van der Waals surface area (Å²) < 4.78 is 28.3. The summed E-state index contributed by atoms with van der Waals surface area (Å²) in [6, 6.07) is 22.4. The van der Waals surface area contributed by atoms with Crippen molar-refractivity contribution in [3.63, 3.8) is 0 Å². The van der Waals surface area contributed by atoms with Crippen LogP contribution in [0, 0.1) is 0 Å². The average molecular weight is 622 g/mol. The van der Waals surface area contributed by atoms with Gasteiger partial charge in [-0.25, -0.2) is 18.9 Å². The van der Waals surface area contributed by atoms with Gasteiger partial charge in [0.05, 0.1) is 31.5 Å². The molecule has 42 heavy (non-hydrogen) atoms. The number of nitrogens with one attached hydrogen (secondary N) is 4. The molecule has 0 atom stereocenters. The second kappa shape index (κ2) is 12.0. The fourth-order valence-corrected chi connectivity index (χ4v) is 5.62. The Morgan fingerprint density at radius 1 is 0.881 bits per heavy atom. The number of hydrogen-bond acceptors (Lipinski definition) is 6. The Balaban J connectivity index is 1.30. The second-order valence-corrected chi connectivity index (χ2v) is 11.4. The van der Waals surface area contributed by atoms with Crippen molar-refractivity contribution in [2.75, 3.05) is 10.0 Å². The fraction of sp³-hybridized carbons (Fsp3) is 0. The van der Waals surface area contributed by atoms with Crippen LogP contribution in [-0.4, -0.2) is 35.4 Å². The Morgan fingerprint density at radius 2 is 1.62 bits per heavy atom. The molecule has 5 N–H and O–H groups in total. The van der Waals surface area contributed by atoms with E-state index in [1.165, 1.54) is 41.9 Å². The fourth-order valence-electron chi connectivity index (χ4n) is 4.00.